The van der Waals surface area contributed by atoms with Gasteiger partial charge in [-0.1, -0.05) is 158 Å². The summed E-state index contributed by atoms with van der Waals surface area (Å²) in [7, 11) is 0. The van der Waals surface area contributed by atoms with E-state index in [-0.39, 0.29) is 0 Å². The van der Waals surface area contributed by atoms with Gasteiger partial charge in [0.1, 0.15) is 0 Å². The summed E-state index contributed by atoms with van der Waals surface area (Å²) >= 11 is 0. The van der Waals surface area contributed by atoms with Gasteiger partial charge in [-0.2, -0.15) is 0 Å². The van der Waals surface area contributed by atoms with E-state index in [0.29, 0.717) is 0 Å². The molecule has 13 aromatic rings. The number of nitrogens with zero attached hydrogens (tertiary/aromatic N) is 3. The maximum Gasteiger partial charge on any atom is 0.0721 e. The molecule has 13 rings (SSSR count). The Bertz CT molecular complexity index is 3920. The molecular formula is C59H37N3. The first-order valence-electron chi connectivity index (χ1n) is 21.3. The molecule has 0 saturated heterocycles. The number of aromatic nitrogens is 3. The first-order valence-corrected chi connectivity index (χ1v) is 21.3. The van der Waals surface area contributed by atoms with Crippen LogP contribution in [0.1, 0.15) is 0 Å². The summed E-state index contributed by atoms with van der Waals surface area (Å²) in [6.07, 6.45) is 0. The van der Waals surface area contributed by atoms with Crippen LogP contribution in [0.2, 0.25) is 0 Å². The molecule has 62 heavy (non-hydrogen) atoms. The van der Waals surface area contributed by atoms with Crippen LogP contribution < -0.4 is 0 Å². The number of benzene rings is 10. The van der Waals surface area contributed by atoms with E-state index < -0.39 is 0 Å². The van der Waals surface area contributed by atoms with Gasteiger partial charge < -0.3 is 9.13 Å². The van der Waals surface area contributed by atoms with E-state index in [2.05, 4.69) is 234 Å². The average Bonchev–Trinajstić information content (AvgIpc) is 3.84. The largest absolute Gasteiger partial charge is 0.309 e. The molecule has 0 aliphatic heterocycles. The van der Waals surface area contributed by atoms with E-state index in [1.165, 1.54) is 81.5 Å². The predicted octanol–water partition coefficient (Wildman–Crippen LogP) is 15.7. The Kier molecular flexibility index (Phi) is 7.60. The number of hydrogen-bond donors (Lipinski definition) is 0. The fourth-order valence-electron chi connectivity index (χ4n) is 9.98. The van der Waals surface area contributed by atoms with Gasteiger partial charge in [0.05, 0.1) is 33.5 Å². The third kappa shape index (κ3) is 5.35. The van der Waals surface area contributed by atoms with Crippen LogP contribution in [0.3, 0.4) is 0 Å². The highest BCUT2D eigenvalue weighted by Gasteiger charge is 2.20. The highest BCUT2D eigenvalue weighted by molar-refractivity contribution is 6.19. The summed E-state index contributed by atoms with van der Waals surface area (Å²) in [5.74, 6) is 0. The molecule has 3 heterocycles. The van der Waals surface area contributed by atoms with Crippen LogP contribution in [0.5, 0.6) is 0 Å². The van der Waals surface area contributed by atoms with Gasteiger partial charge in [0.2, 0.25) is 0 Å². The second-order valence-corrected chi connectivity index (χ2v) is 16.4. The van der Waals surface area contributed by atoms with E-state index in [1.807, 2.05) is 0 Å². The van der Waals surface area contributed by atoms with Crippen LogP contribution in [0.25, 0.3) is 121 Å². The van der Waals surface area contributed by atoms with Crippen LogP contribution in [0.15, 0.2) is 224 Å². The molecule has 0 bridgehead atoms. The average molecular weight is 788 g/mol. The minimum Gasteiger partial charge on any atom is -0.309 e. The molecule has 0 radical (unpaired) electrons. The molecule has 3 aromatic heterocycles. The Morgan fingerprint density at radius 1 is 0.258 bits per heavy atom. The van der Waals surface area contributed by atoms with Crippen molar-refractivity contribution < 1.29 is 0 Å². The number of pyridine rings is 1. The Hall–Kier alpha value is -8.27. The minimum absolute atomic E-state index is 0.949. The van der Waals surface area contributed by atoms with E-state index in [1.54, 1.807) is 0 Å². The van der Waals surface area contributed by atoms with Crippen LogP contribution in [-0.2, 0) is 0 Å². The van der Waals surface area contributed by atoms with Gasteiger partial charge in [-0.15, -0.1) is 0 Å². The van der Waals surface area contributed by atoms with Crippen LogP contribution in [0.4, 0.5) is 0 Å². The zero-order chi connectivity index (χ0) is 40.7. The predicted molar refractivity (Wildman–Crippen MR) is 262 cm³/mol. The van der Waals surface area contributed by atoms with Crippen molar-refractivity contribution >= 4 is 75.9 Å². The normalized spacial score (nSPS) is 11.9. The first kappa shape index (κ1) is 34.6. The molecule has 0 N–H and O–H groups in total. The van der Waals surface area contributed by atoms with Gasteiger partial charge in [-0.25, -0.2) is 4.98 Å². The molecule has 0 aliphatic rings. The van der Waals surface area contributed by atoms with Crippen molar-refractivity contribution in [1.82, 2.24) is 14.1 Å². The fourth-order valence-corrected chi connectivity index (χ4v) is 9.98. The zero-order valence-corrected chi connectivity index (χ0v) is 33.7. The molecule has 0 atom stereocenters. The van der Waals surface area contributed by atoms with Crippen molar-refractivity contribution in [3.8, 4) is 45.0 Å². The Balaban J connectivity index is 1.05. The first-order chi connectivity index (χ1) is 30.7. The summed E-state index contributed by atoms with van der Waals surface area (Å²) in [5, 5.41) is 12.1. The van der Waals surface area contributed by atoms with Crippen molar-refractivity contribution in [3.63, 3.8) is 0 Å². The monoisotopic (exact) mass is 787 g/mol. The van der Waals surface area contributed by atoms with E-state index >= 15 is 0 Å². The molecule has 0 amide bonds. The lowest BCUT2D eigenvalue weighted by Gasteiger charge is -2.15. The molecular weight excluding hydrogens is 751 g/mol. The maximum absolute atomic E-state index is 5.42. The summed E-state index contributed by atoms with van der Waals surface area (Å²) in [5.41, 5.74) is 13.5. The lowest BCUT2D eigenvalue weighted by atomic mass is 9.94. The highest BCUT2D eigenvalue weighted by Crippen LogP contribution is 2.42. The molecule has 288 valence electrons. The van der Waals surface area contributed by atoms with Crippen molar-refractivity contribution in [1.29, 1.82) is 0 Å². The van der Waals surface area contributed by atoms with Crippen molar-refractivity contribution in [2.24, 2.45) is 0 Å². The zero-order valence-electron chi connectivity index (χ0n) is 33.7. The minimum atomic E-state index is 0.949. The Labute approximate surface area is 358 Å². The van der Waals surface area contributed by atoms with Crippen molar-refractivity contribution in [2.45, 2.75) is 0 Å². The topological polar surface area (TPSA) is 22.8 Å². The maximum atomic E-state index is 5.42. The lowest BCUT2D eigenvalue weighted by molar-refractivity contribution is 1.18. The number of rotatable bonds is 5. The van der Waals surface area contributed by atoms with Gasteiger partial charge in [-0.05, 0) is 110 Å². The summed E-state index contributed by atoms with van der Waals surface area (Å²) < 4.78 is 4.87. The molecule has 0 fully saturated rings. The molecule has 10 aromatic carbocycles. The van der Waals surface area contributed by atoms with Crippen LogP contribution in [-0.4, -0.2) is 14.1 Å². The molecule has 0 spiro atoms. The third-order valence-corrected chi connectivity index (χ3v) is 12.9. The van der Waals surface area contributed by atoms with Gasteiger partial charge in [-0.3, -0.25) is 0 Å². The quantitative estimate of drug-likeness (QED) is 0.170. The summed E-state index contributed by atoms with van der Waals surface area (Å²) in [6.45, 7) is 0. The number of fused-ring (bicyclic) bond motifs is 9. The molecule has 3 heteroatoms. The van der Waals surface area contributed by atoms with Crippen molar-refractivity contribution in [2.75, 3.05) is 0 Å². The highest BCUT2D eigenvalue weighted by atomic mass is 15.0. The van der Waals surface area contributed by atoms with Gasteiger partial charge in [0.15, 0.2) is 0 Å². The van der Waals surface area contributed by atoms with Crippen LogP contribution in [0, 0.1) is 0 Å². The Morgan fingerprint density at radius 2 is 0.806 bits per heavy atom. The Morgan fingerprint density at radius 3 is 1.55 bits per heavy atom. The van der Waals surface area contributed by atoms with Crippen molar-refractivity contribution in [3.05, 3.63) is 224 Å². The smallest absolute Gasteiger partial charge is 0.0721 e. The van der Waals surface area contributed by atoms with Gasteiger partial charge >= 0.3 is 0 Å². The van der Waals surface area contributed by atoms with Gasteiger partial charge in [0.25, 0.3) is 0 Å². The third-order valence-electron chi connectivity index (χ3n) is 12.9. The van der Waals surface area contributed by atoms with E-state index in [9.17, 15) is 0 Å². The summed E-state index contributed by atoms with van der Waals surface area (Å²) in [6, 6.07) is 81.7. The standard InChI is InChI=1S/C59H37N3/c1-2-19-44(20-3-1)61-56-26-10-8-22-49(56)52-37-59-53(36-58(52)61)50-23-9-11-27-57(50)62(59)45-31-30-40-18-12-24-47(51(40)35-45)43-33-54(42-29-28-38-14-4-5-16-41(38)32-42)60-55(34-43)48-25-13-17-39-15-6-7-21-46(39)48/h1-37H. The fraction of sp³-hybridized carbons (Fsp3) is 0. The van der Waals surface area contributed by atoms with Gasteiger partial charge in [0, 0.05) is 44.0 Å². The SMILES string of the molecule is c1ccc(-n2c3ccccc3c3cc4c(cc32)c2ccccc2n4-c2ccc3cccc(-c4cc(-c5ccc6ccccc6c5)nc(-c5cccc6ccccc56)c4)c3c2)cc1. The second-order valence-electron chi connectivity index (χ2n) is 16.4. The molecule has 0 unspecified atom stereocenters. The molecule has 3 nitrogen and oxygen atoms in total. The lowest BCUT2D eigenvalue weighted by Crippen LogP contribution is -1.96. The van der Waals surface area contributed by atoms with Crippen LogP contribution >= 0.6 is 0 Å². The van der Waals surface area contributed by atoms with E-state index in [4.69, 9.17) is 4.98 Å². The summed E-state index contributed by atoms with van der Waals surface area (Å²) in [4.78, 5) is 5.42. The number of hydrogen-bond acceptors (Lipinski definition) is 1. The number of para-hydroxylation sites is 3. The molecule has 0 aliphatic carbocycles. The molecule has 0 saturated carbocycles. The van der Waals surface area contributed by atoms with E-state index in [0.717, 1.165) is 39.5 Å². The second kappa shape index (κ2) is 13.6.